The molecule has 0 unspecified atom stereocenters. The number of benzene rings is 1. The fourth-order valence-electron chi connectivity index (χ4n) is 3.03. The molecule has 1 aromatic carbocycles. The van der Waals surface area contributed by atoms with E-state index >= 15 is 0 Å². The molecule has 23 heavy (non-hydrogen) atoms. The first-order chi connectivity index (χ1) is 11.1. The van der Waals surface area contributed by atoms with Crippen LogP contribution in [0.15, 0.2) is 24.3 Å². The summed E-state index contributed by atoms with van der Waals surface area (Å²) >= 11 is 1.52. The number of ether oxygens (including phenoxy) is 5. The quantitative estimate of drug-likeness (QED) is 0.855. The van der Waals surface area contributed by atoms with E-state index in [2.05, 4.69) is 4.98 Å². The predicted octanol–water partition coefficient (Wildman–Crippen LogP) is 2.57. The first-order valence-electron chi connectivity index (χ1n) is 7.58. The second-order valence-corrected chi connectivity index (χ2v) is 7.10. The third-order valence-corrected chi connectivity index (χ3v) is 4.93. The van der Waals surface area contributed by atoms with Crippen LogP contribution in [0.2, 0.25) is 0 Å². The molecule has 2 saturated heterocycles. The lowest BCUT2D eigenvalue weighted by molar-refractivity contribution is -0.229. The molecule has 7 heteroatoms. The van der Waals surface area contributed by atoms with Crippen LogP contribution >= 0.6 is 11.3 Å². The molecule has 2 fully saturated rings. The van der Waals surface area contributed by atoms with Crippen LogP contribution in [0.4, 0.5) is 0 Å². The van der Waals surface area contributed by atoms with Crippen molar-refractivity contribution < 1.29 is 23.7 Å². The monoisotopic (exact) mass is 337 g/mol. The van der Waals surface area contributed by atoms with Gasteiger partial charge in [0.25, 0.3) is 5.19 Å². The van der Waals surface area contributed by atoms with Gasteiger partial charge in [-0.3, -0.25) is 0 Å². The van der Waals surface area contributed by atoms with E-state index in [0.29, 0.717) is 11.8 Å². The van der Waals surface area contributed by atoms with Crippen molar-refractivity contribution in [2.75, 3.05) is 13.7 Å². The van der Waals surface area contributed by atoms with E-state index in [0.717, 1.165) is 10.2 Å². The van der Waals surface area contributed by atoms with Crippen LogP contribution in [-0.4, -0.2) is 49.1 Å². The van der Waals surface area contributed by atoms with E-state index in [1.165, 1.54) is 11.3 Å². The molecule has 124 valence electrons. The van der Waals surface area contributed by atoms with Gasteiger partial charge in [0, 0.05) is 7.11 Å². The Morgan fingerprint density at radius 3 is 2.78 bits per heavy atom. The Morgan fingerprint density at radius 2 is 2.00 bits per heavy atom. The Labute approximate surface area is 138 Å². The molecule has 6 nitrogen and oxygen atoms in total. The van der Waals surface area contributed by atoms with Crippen molar-refractivity contribution in [2.45, 2.75) is 44.2 Å². The molecule has 0 bridgehead atoms. The molecule has 2 aliphatic rings. The normalized spacial score (nSPS) is 32.3. The molecular weight excluding hydrogens is 318 g/mol. The highest BCUT2D eigenvalue weighted by Gasteiger charge is 2.55. The van der Waals surface area contributed by atoms with Gasteiger partial charge < -0.3 is 23.7 Å². The number of para-hydroxylation sites is 1. The van der Waals surface area contributed by atoms with Crippen LogP contribution < -0.4 is 4.74 Å². The Hall–Kier alpha value is -1.25. The molecule has 1 aromatic heterocycles. The van der Waals surface area contributed by atoms with Gasteiger partial charge in [0.15, 0.2) is 12.1 Å². The minimum atomic E-state index is -0.635. The average Bonchev–Trinajstić information content (AvgIpc) is 3.15. The van der Waals surface area contributed by atoms with Crippen molar-refractivity contribution in [2.24, 2.45) is 0 Å². The van der Waals surface area contributed by atoms with Crippen LogP contribution in [-0.2, 0) is 18.9 Å². The highest BCUT2D eigenvalue weighted by Crippen LogP contribution is 2.39. The number of methoxy groups -OCH3 is 1. The van der Waals surface area contributed by atoms with Crippen molar-refractivity contribution in [1.82, 2.24) is 4.98 Å². The molecule has 0 spiro atoms. The molecule has 0 amide bonds. The minimum absolute atomic E-state index is 0.204. The Kier molecular flexibility index (Phi) is 3.78. The average molecular weight is 337 g/mol. The molecule has 0 N–H and O–H groups in total. The second kappa shape index (κ2) is 5.68. The van der Waals surface area contributed by atoms with Gasteiger partial charge in [0.1, 0.15) is 24.9 Å². The molecule has 2 aromatic rings. The fourth-order valence-corrected chi connectivity index (χ4v) is 3.86. The maximum atomic E-state index is 5.94. The van der Waals surface area contributed by atoms with Crippen molar-refractivity contribution in [1.29, 1.82) is 0 Å². The zero-order valence-corrected chi connectivity index (χ0v) is 14.0. The van der Waals surface area contributed by atoms with Gasteiger partial charge in [-0.15, -0.1) is 0 Å². The van der Waals surface area contributed by atoms with E-state index in [-0.39, 0.29) is 18.3 Å². The number of aromatic nitrogens is 1. The maximum absolute atomic E-state index is 5.94. The zero-order valence-electron chi connectivity index (χ0n) is 13.2. The molecule has 4 atom stereocenters. The first kappa shape index (κ1) is 15.3. The van der Waals surface area contributed by atoms with E-state index in [1.54, 1.807) is 7.11 Å². The largest absolute Gasteiger partial charge is 0.467 e. The predicted molar refractivity (Wildman–Crippen MR) is 84.6 cm³/mol. The number of fused-ring (bicyclic) bond motifs is 2. The summed E-state index contributed by atoms with van der Waals surface area (Å²) in [4.78, 5) is 4.46. The summed E-state index contributed by atoms with van der Waals surface area (Å²) in [6.45, 7) is 4.13. The highest BCUT2D eigenvalue weighted by atomic mass is 32.1. The van der Waals surface area contributed by atoms with E-state index in [1.807, 2.05) is 38.1 Å². The standard InChI is InChI=1S/C16H19NO5S/c1-16(2)21-12-10(20-14(18-3)13(12)22-16)8-19-15-17-9-6-4-5-7-11(9)23-15/h4-7,10,12-14H,8H2,1-3H3/t10-,12-,13-,14-/m1/s1. The van der Waals surface area contributed by atoms with Gasteiger partial charge in [0.05, 0.1) is 10.2 Å². The summed E-state index contributed by atoms with van der Waals surface area (Å²) in [6.07, 6.45) is -1.13. The lowest BCUT2D eigenvalue weighted by Crippen LogP contribution is -2.33. The third-order valence-electron chi connectivity index (χ3n) is 3.98. The molecule has 2 aliphatic heterocycles. The maximum Gasteiger partial charge on any atom is 0.274 e. The van der Waals surface area contributed by atoms with Crippen LogP contribution in [0, 0.1) is 0 Å². The zero-order chi connectivity index (χ0) is 16.0. The molecule has 0 aliphatic carbocycles. The van der Waals surface area contributed by atoms with Crippen LogP contribution in [0.25, 0.3) is 10.2 Å². The van der Waals surface area contributed by atoms with Gasteiger partial charge in [-0.05, 0) is 26.0 Å². The highest BCUT2D eigenvalue weighted by molar-refractivity contribution is 7.20. The number of rotatable bonds is 4. The van der Waals surface area contributed by atoms with E-state index in [4.69, 9.17) is 23.7 Å². The molecule has 0 radical (unpaired) electrons. The molecule has 0 saturated carbocycles. The molecule has 3 heterocycles. The fraction of sp³-hybridized carbons (Fsp3) is 0.562. The Balaban J connectivity index is 1.46. The lowest BCUT2D eigenvalue weighted by atomic mass is 10.1. The molecular formula is C16H19NO5S. The first-order valence-corrected chi connectivity index (χ1v) is 8.40. The van der Waals surface area contributed by atoms with Gasteiger partial charge in [-0.2, -0.15) is 0 Å². The van der Waals surface area contributed by atoms with Crippen LogP contribution in [0.5, 0.6) is 5.19 Å². The van der Waals surface area contributed by atoms with Crippen molar-refractivity contribution in [3.63, 3.8) is 0 Å². The summed E-state index contributed by atoms with van der Waals surface area (Å²) in [6, 6.07) is 7.95. The summed E-state index contributed by atoms with van der Waals surface area (Å²) in [5, 5.41) is 0.630. The number of nitrogens with zero attached hydrogens (tertiary/aromatic N) is 1. The van der Waals surface area contributed by atoms with Crippen molar-refractivity contribution in [3.8, 4) is 5.19 Å². The van der Waals surface area contributed by atoms with Gasteiger partial charge in [-0.25, -0.2) is 4.98 Å². The minimum Gasteiger partial charge on any atom is -0.467 e. The van der Waals surface area contributed by atoms with E-state index < -0.39 is 12.1 Å². The SMILES string of the molecule is CO[C@@H]1O[C@H](COc2nc3ccccc3s2)[C@H]2OC(C)(C)O[C@@H]12. The number of hydrogen-bond acceptors (Lipinski definition) is 7. The van der Waals surface area contributed by atoms with Gasteiger partial charge >= 0.3 is 0 Å². The van der Waals surface area contributed by atoms with Gasteiger partial charge in [-0.1, -0.05) is 23.5 Å². The van der Waals surface area contributed by atoms with Crippen molar-refractivity contribution >= 4 is 21.6 Å². The van der Waals surface area contributed by atoms with Crippen molar-refractivity contribution in [3.05, 3.63) is 24.3 Å². The third kappa shape index (κ3) is 2.83. The summed E-state index contributed by atoms with van der Waals surface area (Å²) in [7, 11) is 1.60. The second-order valence-electron chi connectivity index (χ2n) is 6.10. The number of hydrogen-bond donors (Lipinski definition) is 0. The Morgan fingerprint density at radius 1 is 1.22 bits per heavy atom. The summed E-state index contributed by atoms with van der Waals surface area (Å²) in [5.74, 6) is -0.635. The van der Waals surface area contributed by atoms with Crippen LogP contribution in [0.3, 0.4) is 0 Å². The van der Waals surface area contributed by atoms with Gasteiger partial charge in [0.2, 0.25) is 0 Å². The van der Waals surface area contributed by atoms with Crippen LogP contribution in [0.1, 0.15) is 13.8 Å². The smallest absolute Gasteiger partial charge is 0.274 e. The summed E-state index contributed by atoms with van der Waals surface area (Å²) < 4.78 is 29.9. The summed E-state index contributed by atoms with van der Waals surface area (Å²) in [5.41, 5.74) is 0.939. The molecule has 4 rings (SSSR count). The number of thiazole rings is 1. The lowest BCUT2D eigenvalue weighted by Gasteiger charge is -2.23. The topological polar surface area (TPSA) is 59.0 Å². The van der Waals surface area contributed by atoms with E-state index in [9.17, 15) is 0 Å². The Bertz CT molecular complexity index is 670.